The summed E-state index contributed by atoms with van der Waals surface area (Å²) in [5, 5.41) is 0. The highest BCUT2D eigenvalue weighted by atomic mass is 16.5. The summed E-state index contributed by atoms with van der Waals surface area (Å²) in [7, 11) is 2.86. The Morgan fingerprint density at radius 1 is 1.29 bits per heavy atom. The number of rotatable bonds is 2. The van der Waals surface area contributed by atoms with E-state index in [2.05, 4.69) is 0 Å². The van der Waals surface area contributed by atoms with Gasteiger partial charge in [0, 0.05) is 11.8 Å². The van der Waals surface area contributed by atoms with E-state index < -0.39 is 0 Å². The molecule has 2 rings (SSSR count). The van der Waals surface area contributed by atoms with Gasteiger partial charge in [-0.25, -0.2) is 0 Å². The van der Waals surface area contributed by atoms with E-state index in [1.165, 1.54) is 19.3 Å². The van der Waals surface area contributed by atoms with Crippen LogP contribution in [-0.4, -0.2) is 37.1 Å². The molecule has 0 aromatic rings. The van der Waals surface area contributed by atoms with Gasteiger partial charge in [-0.05, 0) is 19.3 Å². The average molecular weight is 236 g/mol. The highest BCUT2D eigenvalue weighted by Crippen LogP contribution is 2.40. The maximum Gasteiger partial charge on any atom is 0.308 e. The second-order valence-electron chi connectivity index (χ2n) is 4.55. The first-order valence-electron chi connectivity index (χ1n) is 5.84. The Labute approximate surface area is 101 Å². The van der Waals surface area contributed by atoms with E-state index >= 15 is 0 Å². The molecule has 91 valence electrons. The van der Waals surface area contributed by atoms with Crippen LogP contribution in [0.15, 0.2) is 0 Å². The molecule has 17 heavy (non-hydrogen) atoms. The number of nitrogens with zero attached hydrogens (tertiary/aromatic N) is 1. The second-order valence-corrected chi connectivity index (χ2v) is 4.55. The zero-order valence-corrected chi connectivity index (χ0v) is 10.0. The number of carbonyl (C=O) groups is 3. The van der Waals surface area contributed by atoms with Crippen LogP contribution in [0.4, 0.5) is 0 Å². The summed E-state index contributed by atoms with van der Waals surface area (Å²) in [5.74, 6) is -1.38. The van der Waals surface area contributed by atoms with Gasteiger partial charge in [0.25, 0.3) is 7.41 Å². The lowest BCUT2D eigenvalue weighted by Gasteiger charge is -2.26. The molecule has 0 aromatic carbocycles. The molecule has 2 fully saturated rings. The molecule has 3 unspecified atom stereocenters. The normalized spacial score (nSPS) is 32.4. The van der Waals surface area contributed by atoms with Crippen molar-refractivity contribution in [3.05, 3.63) is 0 Å². The highest BCUT2D eigenvalue weighted by molar-refractivity contribution is 6.42. The fourth-order valence-electron chi connectivity index (χ4n) is 2.84. The molecule has 1 heterocycles. The quantitative estimate of drug-likeness (QED) is 0.391. The maximum atomic E-state index is 12.0. The molecule has 1 radical (unpaired) electrons. The van der Waals surface area contributed by atoms with Crippen molar-refractivity contribution in [1.29, 1.82) is 0 Å². The predicted molar refractivity (Wildman–Crippen MR) is 59.8 cm³/mol. The molecule has 1 saturated heterocycles. The average Bonchev–Trinajstić information content (AvgIpc) is 2.60. The smallest absolute Gasteiger partial charge is 0.308 e. The SMILES string of the molecule is C[B]N1C(=O)C2CCC(C(=O)OC)CC2C1=O. The number of imide groups is 1. The molecule has 0 bridgehead atoms. The van der Waals surface area contributed by atoms with Crippen molar-refractivity contribution < 1.29 is 19.1 Å². The van der Waals surface area contributed by atoms with Gasteiger partial charge in [-0.1, -0.05) is 6.82 Å². The molecule has 1 aliphatic carbocycles. The Hall–Kier alpha value is -1.33. The number of methoxy groups -OCH3 is 1. The zero-order valence-electron chi connectivity index (χ0n) is 10.0. The highest BCUT2D eigenvalue weighted by Gasteiger charge is 2.50. The molecule has 2 aliphatic rings. The van der Waals surface area contributed by atoms with Gasteiger partial charge in [-0.2, -0.15) is 0 Å². The van der Waals surface area contributed by atoms with E-state index in [0.29, 0.717) is 19.3 Å². The van der Waals surface area contributed by atoms with Crippen molar-refractivity contribution in [3.63, 3.8) is 0 Å². The number of fused-ring (bicyclic) bond motifs is 1. The predicted octanol–water partition coefficient (Wildman–Crippen LogP) is 0.228. The van der Waals surface area contributed by atoms with Crippen LogP contribution < -0.4 is 0 Å². The summed E-state index contributed by atoms with van der Waals surface area (Å²) >= 11 is 0. The zero-order chi connectivity index (χ0) is 12.6. The second kappa shape index (κ2) is 4.51. The Bertz CT molecular complexity index is 370. The maximum absolute atomic E-state index is 12.0. The number of ether oxygens (including phenoxy) is 1. The molecule has 1 saturated carbocycles. The van der Waals surface area contributed by atoms with Gasteiger partial charge in [-0.3, -0.25) is 14.4 Å². The first-order valence-corrected chi connectivity index (χ1v) is 5.84. The standard InChI is InChI=1S/C11H15BNO4/c1-12-13-9(14)7-4-3-6(11(16)17-2)5-8(7)10(13)15/h6-8H,3-5H2,1-2H3. The van der Waals surface area contributed by atoms with E-state index in [4.69, 9.17) is 4.74 Å². The third-order valence-electron chi connectivity index (χ3n) is 3.75. The third-order valence-corrected chi connectivity index (χ3v) is 3.75. The third kappa shape index (κ3) is 1.85. The fourth-order valence-corrected chi connectivity index (χ4v) is 2.84. The molecule has 5 nitrogen and oxygen atoms in total. The van der Waals surface area contributed by atoms with Crippen molar-refractivity contribution >= 4 is 25.2 Å². The summed E-state index contributed by atoms with van der Waals surface area (Å²) in [6.07, 6.45) is 1.66. The molecule has 0 aromatic heterocycles. The van der Waals surface area contributed by atoms with Crippen molar-refractivity contribution in [2.75, 3.05) is 7.11 Å². The van der Waals surface area contributed by atoms with Gasteiger partial charge < -0.3 is 9.55 Å². The molecule has 3 atom stereocenters. The van der Waals surface area contributed by atoms with E-state index in [9.17, 15) is 14.4 Å². The van der Waals surface area contributed by atoms with Crippen LogP contribution in [0.2, 0.25) is 6.82 Å². The number of amides is 2. The fraction of sp³-hybridized carbons (Fsp3) is 0.727. The first kappa shape index (κ1) is 12.1. The van der Waals surface area contributed by atoms with Crippen molar-refractivity contribution in [1.82, 2.24) is 4.81 Å². The summed E-state index contributed by atoms with van der Waals surface area (Å²) < 4.78 is 4.70. The lowest BCUT2D eigenvalue weighted by atomic mass is 9.75. The van der Waals surface area contributed by atoms with Crippen LogP contribution in [0, 0.1) is 17.8 Å². The van der Waals surface area contributed by atoms with E-state index in [1.807, 2.05) is 0 Å². The monoisotopic (exact) mass is 236 g/mol. The molecular weight excluding hydrogens is 221 g/mol. The summed E-state index contributed by atoms with van der Waals surface area (Å²) in [6.45, 7) is 1.67. The molecule has 2 amide bonds. The largest absolute Gasteiger partial charge is 0.469 e. The van der Waals surface area contributed by atoms with Crippen LogP contribution in [0.3, 0.4) is 0 Å². The molecular formula is C11H15BNO4. The first-order chi connectivity index (χ1) is 8.10. The minimum Gasteiger partial charge on any atom is -0.469 e. The van der Waals surface area contributed by atoms with Gasteiger partial charge >= 0.3 is 5.97 Å². The Balaban J connectivity index is 2.14. The van der Waals surface area contributed by atoms with Crippen LogP contribution in [0.5, 0.6) is 0 Å². The molecule has 1 aliphatic heterocycles. The van der Waals surface area contributed by atoms with E-state index in [1.54, 1.807) is 6.82 Å². The van der Waals surface area contributed by atoms with Gasteiger partial charge in [0.2, 0.25) is 11.8 Å². The summed E-state index contributed by atoms with van der Waals surface area (Å²) in [4.78, 5) is 36.5. The lowest BCUT2D eigenvalue weighted by Crippen LogP contribution is -2.33. The van der Waals surface area contributed by atoms with Gasteiger partial charge in [0.15, 0.2) is 0 Å². The van der Waals surface area contributed by atoms with E-state index in [0.717, 1.165) is 0 Å². The van der Waals surface area contributed by atoms with Crippen LogP contribution >= 0.6 is 0 Å². The van der Waals surface area contributed by atoms with Crippen LogP contribution in [-0.2, 0) is 19.1 Å². The van der Waals surface area contributed by atoms with Gasteiger partial charge in [-0.15, -0.1) is 0 Å². The van der Waals surface area contributed by atoms with Crippen LogP contribution in [0.25, 0.3) is 0 Å². The number of carbonyl (C=O) groups excluding carboxylic acids is 3. The Morgan fingerprint density at radius 3 is 2.53 bits per heavy atom. The minimum atomic E-state index is -0.337. The number of esters is 1. The van der Waals surface area contributed by atoms with Crippen molar-refractivity contribution in [2.24, 2.45) is 17.8 Å². The van der Waals surface area contributed by atoms with Crippen molar-refractivity contribution in [2.45, 2.75) is 26.1 Å². The number of hydrogen-bond acceptors (Lipinski definition) is 4. The summed E-state index contributed by atoms with van der Waals surface area (Å²) in [6, 6.07) is 0. The molecule has 0 N–H and O–H groups in total. The Morgan fingerprint density at radius 2 is 1.94 bits per heavy atom. The lowest BCUT2D eigenvalue weighted by molar-refractivity contribution is -0.148. The summed E-state index contributed by atoms with van der Waals surface area (Å²) in [5.41, 5.74) is 0. The van der Waals surface area contributed by atoms with E-state index in [-0.39, 0.29) is 35.5 Å². The van der Waals surface area contributed by atoms with Gasteiger partial charge in [0.05, 0.1) is 13.0 Å². The minimum absolute atomic E-state index is 0.120. The Kier molecular flexibility index (Phi) is 3.22. The topological polar surface area (TPSA) is 63.7 Å². The van der Waals surface area contributed by atoms with Crippen LogP contribution in [0.1, 0.15) is 19.3 Å². The molecule has 0 spiro atoms. The molecule has 6 heteroatoms. The number of hydrogen-bond donors (Lipinski definition) is 0. The van der Waals surface area contributed by atoms with Crippen molar-refractivity contribution in [3.8, 4) is 0 Å². The van der Waals surface area contributed by atoms with Gasteiger partial charge in [0.1, 0.15) is 0 Å².